The number of rotatable bonds is 1. The molecule has 102 valence electrons. The minimum Gasteiger partial charge on any atom is -0.268 e. The Balaban J connectivity index is 3.05. The topological polar surface area (TPSA) is 67.8 Å². The predicted molar refractivity (Wildman–Crippen MR) is 76.2 cm³/mol. The molecular formula is C15H15N3O2. The van der Waals surface area contributed by atoms with E-state index in [2.05, 4.69) is 0 Å². The summed E-state index contributed by atoms with van der Waals surface area (Å²) in [6.07, 6.45) is 0. The van der Waals surface area contributed by atoms with Gasteiger partial charge in [0.25, 0.3) is 5.56 Å². The summed E-state index contributed by atoms with van der Waals surface area (Å²) in [6, 6.07) is 7.58. The van der Waals surface area contributed by atoms with Gasteiger partial charge in [-0.2, -0.15) is 5.26 Å². The number of nitrogens with zero attached hydrogens (tertiary/aromatic N) is 3. The van der Waals surface area contributed by atoms with E-state index in [1.54, 1.807) is 6.92 Å². The van der Waals surface area contributed by atoms with E-state index in [1.165, 1.54) is 11.6 Å². The van der Waals surface area contributed by atoms with Crippen LogP contribution in [0.2, 0.25) is 0 Å². The second-order valence-electron chi connectivity index (χ2n) is 4.79. The summed E-state index contributed by atoms with van der Waals surface area (Å²) in [6.45, 7) is 5.41. The van der Waals surface area contributed by atoms with Crippen molar-refractivity contribution in [1.29, 1.82) is 5.26 Å². The van der Waals surface area contributed by atoms with Gasteiger partial charge in [0, 0.05) is 12.7 Å². The Labute approximate surface area is 116 Å². The number of hydrogen-bond acceptors (Lipinski definition) is 3. The molecule has 2 rings (SSSR count). The van der Waals surface area contributed by atoms with E-state index in [9.17, 15) is 9.59 Å². The molecule has 0 saturated heterocycles. The van der Waals surface area contributed by atoms with Gasteiger partial charge in [-0.1, -0.05) is 18.2 Å². The molecule has 20 heavy (non-hydrogen) atoms. The average Bonchev–Trinajstić information content (AvgIpc) is 2.40. The molecule has 0 fully saturated rings. The van der Waals surface area contributed by atoms with Gasteiger partial charge in [0.1, 0.15) is 11.6 Å². The summed E-state index contributed by atoms with van der Waals surface area (Å²) in [5.41, 5.74) is 1.92. The molecule has 1 heterocycles. The highest BCUT2D eigenvalue weighted by atomic mass is 16.2. The van der Waals surface area contributed by atoms with Gasteiger partial charge in [0.15, 0.2) is 0 Å². The van der Waals surface area contributed by atoms with Crippen molar-refractivity contribution in [1.82, 2.24) is 9.13 Å². The van der Waals surface area contributed by atoms with Gasteiger partial charge < -0.3 is 0 Å². The molecule has 5 heteroatoms. The van der Waals surface area contributed by atoms with Gasteiger partial charge in [0.05, 0.1) is 5.69 Å². The van der Waals surface area contributed by atoms with Crippen molar-refractivity contribution in [3.63, 3.8) is 0 Å². The first kappa shape index (κ1) is 13.8. The van der Waals surface area contributed by atoms with Crippen LogP contribution in [0.3, 0.4) is 0 Å². The molecule has 0 aliphatic carbocycles. The smallest absolute Gasteiger partial charge is 0.268 e. The van der Waals surface area contributed by atoms with Crippen LogP contribution in [0.5, 0.6) is 0 Å². The molecule has 0 unspecified atom stereocenters. The maximum absolute atomic E-state index is 12.4. The minimum absolute atomic E-state index is 0.00486. The third-order valence-corrected chi connectivity index (χ3v) is 3.47. The highest BCUT2D eigenvalue weighted by molar-refractivity contribution is 5.49. The molecule has 1 aromatic carbocycles. The fourth-order valence-electron chi connectivity index (χ4n) is 2.37. The van der Waals surface area contributed by atoms with Crippen molar-refractivity contribution in [2.45, 2.75) is 20.8 Å². The zero-order valence-corrected chi connectivity index (χ0v) is 11.9. The Morgan fingerprint density at radius 2 is 1.65 bits per heavy atom. The van der Waals surface area contributed by atoms with Gasteiger partial charge in [-0.25, -0.2) is 4.79 Å². The zero-order chi connectivity index (χ0) is 15.0. The lowest BCUT2D eigenvalue weighted by Gasteiger charge is -2.17. The van der Waals surface area contributed by atoms with Gasteiger partial charge in [-0.3, -0.25) is 13.9 Å². The Bertz CT molecular complexity index is 831. The number of benzene rings is 1. The second-order valence-corrected chi connectivity index (χ2v) is 4.79. The first-order valence-electron chi connectivity index (χ1n) is 6.19. The predicted octanol–water partition coefficient (Wildman–Crippen LogP) is 1.33. The van der Waals surface area contributed by atoms with E-state index in [0.717, 1.165) is 21.4 Å². The highest BCUT2D eigenvalue weighted by Gasteiger charge is 2.17. The van der Waals surface area contributed by atoms with Gasteiger partial charge in [-0.15, -0.1) is 0 Å². The van der Waals surface area contributed by atoms with E-state index < -0.39 is 11.2 Å². The Hall–Kier alpha value is -2.61. The first-order valence-corrected chi connectivity index (χ1v) is 6.19. The van der Waals surface area contributed by atoms with Crippen LogP contribution in [-0.2, 0) is 7.05 Å². The van der Waals surface area contributed by atoms with Crippen molar-refractivity contribution in [3.8, 4) is 11.8 Å². The molecular weight excluding hydrogens is 254 g/mol. The molecule has 0 radical (unpaired) electrons. The lowest BCUT2D eigenvalue weighted by molar-refractivity contribution is 0.705. The van der Waals surface area contributed by atoms with Crippen LogP contribution in [0, 0.1) is 32.1 Å². The van der Waals surface area contributed by atoms with Crippen LogP contribution in [0.15, 0.2) is 27.8 Å². The van der Waals surface area contributed by atoms with Crippen LogP contribution in [0.4, 0.5) is 0 Å². The van der Waals surface area contributed by atoms with Gasteiger partial charge in [0.2, 0.25) is 0 Å². The average molecular weight is 269 g/mol. The number of nitriles is 1. The Morgan fingerprint density at radius 1 is 1.10 bits per heavy atom. The molecule has 0 aliphatic heterocycles. The Morgan fingerprint density at radius 3 is 2.15 bits per heavy atom. The van der Waals surface area contributed by atoms with Gasteiger partial charge >= 0.3 is 5.69 Å². The van der Waals surface area contributed by atoms with E-state index in [-0.39, 0.29) is 5.56 Å². The summed E-state index contributed by atoms with van der Waals surface area (Å²) < 4.78 is 2.40. The number of aromatic nitrogens is 2. The van der Waals surface area contributed by atoms with Crippen molar-refractivity contribution in [3.05, 3.63) is 61.4 Å². The molecule has 5 nitrogen and oxygen atoms in total. The second kappa shape index (κ2) is 4.82. The molecule has 0 N–H and O–H groups in total. The maximum atomic E-state index is 12.4. The monoisotopic (exact) mass is 269 g/mol. The molecule has 2 aromatic rings. The molecule has 0 atom stereocenters. The van der Waals surface area contributed by atoms with Crippen molar-refractivity contribution >= 4 is 0 Å². The molecule has 0 saturated carbocycles. The number of para-hydroxylation sites is 1. The quantitative estimate of drug-likeness (QED) is 0.784. The normalized spacial score (nSPS) is 10.3. The SMILES string of the molecule is Cc1cccc(C)c1-n1c(C)c(C#N)c(=O)n(C)c1=O. The maximum Gasteiger partial charge on any atom is 0.335 e. The third kappa shape index (κ3) is 1.86. The summed E-state index contributed by atoms with van der Waals surface area (Å²) in [4.78, 5) is 24.3. The number of hydrogen-bond donors (Lipinski definition) is 0. The number of aryl methyl sites for hydroxylation is 2. The van der Waals surface area contributed by atoms with Crippen LogP contribution in [0.1, 0.15) is 22.4 Å². The van der Waals surface area contributed by atoms with Crippen molar-refractivity contribution < 1.29 is 0 Å². The van der Waals surface area contributed by atoms with E-state index in [4.69, 9.17) is 5.26 Å². The lowest BCUT2D eigenvalue weighted by atomic mass is 10.1. The van der Waals surface area contributed by atoms with Crippen LogP contribution in [0.25, 0.3) is 5.69 Å². The van der Waals surface area contributed by atoms with Crippen molar-refractivity contribution in [2.24, 2.45) is 7.05 Å². The molecule has 1 aromatic heterocycles. The van der Waals surface area contributed by atoms with Crippen LogP contribution >= 0.6 is 0 Å². The molecule has 0 amide bonds. The minimum atomic E-state index is -0.558. The largest absolute Gasteiger partial charge is 0.335 e. The Kier molecular flexibility index (Phi) is 3.33. The van der Waals surface area contributed by atoms with Crippen molar-refractivity contribution in [2.75, 3.05) is 0 Å². The first-order chi connectivity index (χ1) is 9.40. The summed E-state index contributed by atoms with van der Waals surface area (Å²) in [5.74, 6) is 0. The lowest BCUT2D eigenvalue weighted by Crippen LogP contribution is -2.40. The van der Waals surface area contributed by atoms with Crippen LogP contribution < -0.4 is 11.2 Å². The molecule has 0 bridgehead atoms. The van der Waals surface area contributed by atoms with E-state index in [1.807, 2.05) is 38.1 Å². The summed E-state index contributed by atoms with van der Waals surface area (Å²) in [7, 11) is 1.38. The summed E-state index contributed by atoms with van der Waals surface area (Å²) >= 11 is 0. The highest BCUT2D eigenvalue weighted by Crippen LogP contribution is 2.18. The zero-order valence-electron chi connectivity index (χ0n) is 11.9. The fourth-order valence-corrected chi connectivity index (χ4v) is 2.37. The van der Waals surface area contributed by atoms with E-state index in [0.29, 0.717) is 5.69 Å². The standard InChI is InChI=1S/C15H15N3O2/c1-9-6-5-7-10(2)13(9)18-11(3)12(8-16)14(19)17(4)15(18)20/h5-7H,1-4H3. The summed E-state index contributed by atoms with van der Waals surface area (Å²) in [5, 5.41) is 9.15. The third-order valence-electron chi connectivity index (χ3n) is 3.47. The van der Waals surface area contributed by atoms with Gasteiger partial charge in [-0.05, 0) is 31.9 Å². The van der Waals surface area contributed by atoms with Crippen LogP contribution in [-0.4, -0.2) is 9.13 Å². The fraction of sp³-hybridized carbons (Fsp3) is 0.267. The molecule has 0 aliphatic rings. The van der Waals surface area contributed by atoms with E-state index >= 15 is 0 Å². The molecule has 0 spiro atoms.